The van der Waals surface area contributed by atoms with Crippen LogP contribution >= 0.6 is 0 Å². The minimum Gasteiger partial charge on any atom is -0.467 e. The highest BCUT2D eigenvalue weighted by atomic mass is 16.6. The van der Waals surface area contributed by atoms with Crippen LogP contribution in [-0.4, -0.2) is 25.5 Å². The molecule has 0 saturated heterocycles. The van der Waals surface area contributed by atoms with Gasteiger partial charge in [0.15, 0.2) is 0 Å². The highest BCUT2D eigenvalue weighted by Gasteiger charge is 2.31. The molecule has 0 bridgehead atoms. The molecule has 0 aromatic heterocycles. The van der Waals surface area contributed by atoms with Crippen LogP contribution in [0, 0.1) is 5.92 Å². The monoisotopic (exact) mass is 304 g/mol. The maximum Gasteiger partial charge on any atom is 0.331 e. The molecule has 0 fully saturated rings. The number of aryl methyl sites for hydroxylation is 1. The second kappa shape index (κ2) is 8.08. The number of carbonyl (C=O) groups excluding carboxylic acids is 2. The molecule has 0 saturated carbocycles. The van der Waals surface area contributed by atoms with E-state index in [4.69, 9.17) is 4.74 Å². The highest BCUT2D eigenvalue weighted by Crippen LogP contribution is 2.39. The number of rotatable bonds is 7. The van der Waals surface area contributed by atoms with Gasteiger partial charge in [0, 0.05) is 12.8 Å². The van der Waals surface area contributed by atoms with Crippen LogP contribution in [0.2, 0.25) is 0 Å². The second-order valence-corrected chi connectivity index (χ2v) is 5.80. The van der Waals surface area contributed by atoms with Crippen molar-refractivity contribution in [2.24, 2.45) is 5.92 Å². The van der Waals surface area contributed by atoms with E-state index in [1.165, 1.54) is 12.7 Å². The summed E-state index contributed by atoms with van der Waals surface area (Å²) in [5.41, 5.74) is 2.35. The van der Waals surface area contributed by atoms with Crippen LogP contribution in [0.3, 0.4) is 0 Å². The van der Waals surface area contributed by atoms with Crippen molar-refractivity contribution >= 4 is 11.8 Å². The highest BCUT2D eigenvalue weighted by molar-refractivity contribution is 5.78. The van der Waals surface area contributed by atoms with Crippen molar-refractivity contribution in [2.45, 2.75) is 45.1 Å². The van der Waals surface area contributed by atoms with Crippen LogP contribution in [0.25, 0.3) is 0 Å². The van der Waals surface area contributed by atoms with Gasteiger partial charge in [-0.15, -0.1) is 0 Å². The summed E-state index contributed by atoms with van der Waals surface area (Å²) in [5, 5.41) is 0. The zero-order chi connectivity index (χ0) is 15.9. The van der Waals surface area contributed by atoms with Crippen molar-refractivity contribution in [1.82, 2.24) is 0 Å². The Labute approximate surface area is 131 Å². The number of methoxy groups -OCH3 is 1. The van der Waals surface area contributed by atoms with E-state index in [0.717, 1.165) is 24.8 Å². The zero-order valence-corrected chi connectivity index (χ0v) is 13.3. The SMILES string of the molecule is CCCC(=O)CC1CCc2ccccc2C1OCC(=O)OC. The lowest BCUT2D eigenvalue weighted by atomic mass is 9.78. The van der Waals surface area contributed by atoms with Gasteiger partial charge < -0.3 is 9.47 Å². The molecule has 0 radical (unpaired) electrons. The number of carbonyl (C=O) groups is 2. The van der Waals surface area contributed by atoms with Gasteiger partial charge in [-0.2, -0.15) is 0 Å². The molecule has 0 amide bonds. The minimum absolute atomic E-state index is 0.0754. The average molecular weight is 304 g/mol. The Morgan fingerprint density at radius 2 is 2.05 bits per heavy atom. The summed E-state index contributed by atoms with van der Waals surface area (Å²) < 4.78 is 10.5. The van der Waals surface area contributed by atoms with Crippen LogP contribution in [0.15, 0.2) is 24.3 Å². The first-order valence-corrected chi connectivity index (χ1v) is 7.93. The fourth-order valence-electron chi connectivity index (χ4n) is 3.11. The van der Waals surface area contributed by atoms with Gasteiger partial charge in [0.25, 0.3) is 0 Å². The molecule has 4 nitrogen and oxygen atoms in total. The zero-order valence-electron chi connectivity index (χ0n) is 13.3. The smallest absolute Gasteiger partial charge is 0.331 e. The molecule has 1 aliphatic rings. The number of ether oxygens (including phenoxy) is 2. The first-order chi connectivity index (χ1) is 10.7. The molecule has 1 aliphatic carbocycles. The Bertz CT molecular complexity index is 524. The second-order valence-electron chi connectivity index (χ2n) is 5.80. The summed E-state index contributed by atoms with van der Waals surface area (Å²) in [7, 11) is 1.35. The van der Waals surface area contributed by atoms with E-state index in [9.17, 15) is 9.59 Å². The molecule has 2 atom stereocenters. The Morgan fingerprint density at radius 1 is 1.27 bits per heavy atom. The van der Waals surface area contributed by atoms with E-state index in [2.05, 4.69) is 10.8 Å². The van der Waals surface area contributed by atoms with Crippen molar-refractivity contribution < 1.29 is 19.1 Å². The Kier molecular flexibility index (Phi) is 6.13. The third-order valence-corrected chi connectivity index (χ3v) is 4.20. The molecule has 0 N–H and O–H groups in total. The molecule has 1 aromatic carbocycles. The summed E-state index contributed by atoms with van der Waals surface area (Å²) in [6, 6.07) is 8.12. The molecule has 22 heavy (non-hydrogen) atoms. The average Bonchev–Trinajstić information content (AvgIpc) is 2.53. The third-order valence-electron chi connectivity index (χ3n) is 4.20. The first-order valence-electron chi connectivity index (χ1n) is 7.93. The summed E-state index contributed by atoms with van der Waals surface area (Å²) >= 11 is 0. The molecule has 120 valence electrons. The number of benzene rings is 1. The lowest BCUT2D eigenvalue weighted by molar-refractivity contribution is -0.150. The summed E-state index contributed by atoms with van der Waals surface area (Å²) in [6.07, 6.45) is 3.67. The number of fused-ring (bicyclic) bond motifs is 1. The number of Topliss-reactive ketones (excluding diaryl/α,β-unsaturated/α-hetero) is 1. The topological polar surface area (TPSA) is 52.6 Å². The molecule has 0 aliphatic heterocycles. The van der Waals surface area contributed by atoms with Gasteiger partial charge >= 0.3 is 5.97 Å². The van der Waals surface area contributed by atoms with Crippen LogP contribution in [0.1, 0.15) is 49.8 Å². The van der Waals surface area contributed by atoms with E-state index >= 15 is 0 Å². The van der Waals surface area contributed by atoms with E-state index in [1.807, 2.05) is 25.1 Å². The van der Waals surface area contributed by atoms with Gasteiger partial charge in [0.05, 0.1) is 13.2 Å². The number of ketones is 1. The Balaban J connectivity index is 2.14. The predicted molar refractivity (Wildman–Crippen MR) is 83.5 cm³/mol. The Morgan fingerprint density at radius 3 is 2.77 bits per heavy atom. The summed E-state index contributed by atoms with van der Waals surface area (Å²) in [6.45, 7) is 1.94. The van der Waals surface area contributed by atoms with Crippen LogP contribution < -0.4 is 0 Å². The fourth-order valence-corrected chi connectivity index (χ4v) is 3.11. The van der Waals surface area contributed by atoms with E-state index in [-0.39, 0.29) is 30.4 Å². The largest absolute Gasteiger partial charge is 0.467 e. The number of hydrogen-bond donors (Lipinski definition) is 0. The van der Waals surface area contributed by atoms with Gasteiger partial charge in [0.2, 0.25) is 0 Å². The first kappa shape index (κ1) is 16.7. The van der Waals surface area contributed by atoms with Gasteiger partial charge in [-0.25, -0.2) is 4.79 Å². The lowest BCUT2D eigenvalue weighted by Gasteiger charge is -2.33. The molecule has 4 heteroatoms. The standard InChI is InChI=1S/C18H24O4/c1-3-6-15(19)11-14-10-9-13-7-4-5-8-16(13)18(14)22-12-17(20)21-2/h4-5,7-8,14,18H,3,6,9-12H2,1-2H3. The van der Waals surface area contributed by atoms with Gasteiger partial charge in [-0.1, -0.05) is 31.2 Å². The van der Waals surface area contributed by atoms with E-state index < -0.39 is 0 Å². The summed E-state index contributed by atoms with van der Waals surface area (Å²) in [5.74, 6) is 0.0267. The number of hydrogen-bond acceptors (Lipinski definition) is 4. The molecule has 0 heterocycles. The maximum atomic E-state index is 12.0. The van der Waals surface area contributed by atoms with Crippen LogP contribution in [0.4, 0.5) is 0 Å². The molecule has 2 unspecified atom stereocenters. The lowest BCUT2D eigenvalue weighted by Crippen LogP contribution is -2.27. The minimum atomic E-state index is -0.387. The van der Waals surface area contributed by atoms with Crippen LogP contribution in [-0.2, 0) is 25.5 Å². The van der Waals surface area contributed by atoms with Crippen molar-refractivity contribution in [3.05, 3.63) is 35.4 Å². The van der Waals surface area contributed by atoms with Crippen molar-refractivity contribution in [3.8, 4) is 0 Å². The predicted octanol–water partition coefficient (Wildman–Crippen LogP) is 3.24. The van der Waals surface area contributed by atoms with Gasteiger partial charge in [0.1, 0.15) is 12.4 Å². The third kappa shape index (κ3) is 4.17. The molecular formula is C18H24O4. The van der Waals surface area contributed by atoms with Crippen molar-refractivity contribution in [3.63, 3.8) is 0 Å². The normalized spacial score (nSPS) is 20.3. The van der Waals surface area contributed by atoms with Crippen molar-refractivity contribution in [2.75, 3.05) is 13.7 Å². The van der Waals surface area contributed by atoms with E-state index in [0.29, 0.717) is 12.8 Å². The van der Waals surface area contributed by atoms with E-state index in [1.54, 1.807) is 0 Å². The fraction of sp³-hybridized carbons (Fsp3) is 0.556. The van der Waals surface area contributed by atoms with Crippen LogP contribution in [0.5, 0.6) is 0 Å². The summed E-state index contributed by atoms with van der Waals surface area (Å²) in [4.78, 5) is 23.4. The molecule has 0 spiro atoms. The number of esters is 1. The quantitative estimate of drug-likeness (QED) is 0.726. The molecule has 1 aromatic rings. The van der Waals surface area contributed by atoms with Crippen molar-refractivity contribution in [1.29, 1.82) is 0 Å². The molecule has 2 rings (SSSR count). The maximum absolute atomic E-state index is 12.0. The van der Waals surface area contributed by atoms with Gasteiger partial charge in [-0.05, 0) is 36.3 Å². The van der Waals surface area contributed by atoms with Gasteiger partial charge in [-0.3, -0.25) is 4.79 Å². The Hall–Kier alpha value is -1.68. The molecular weight excluding hydrogens is 280 g/mol.